The van der Waals surface area contributed by atoms with Gasteiger partial charge in [0, 0.05) is 25.9 Å². The molecule has 0 aliphatic rings. The summed E-state index contributed by atoms with van der Waals surface area (Å²) >= 11 is 0. The quantitative estimate of drug-likeness (QED) is 0.711. The summed E-state index contributed by atoms with van der Waals surface area (Å²) in [6.07, 6.45) is 3.14. The summed E-state index contributed by atoms with van der Waals surface area (Å²) in [6.45, 7) is 6.44. The van der Waals surface area contributed by atoms with Gasteiger partial charge in [0.2, 0.25) is 0 Å². The number of carbonyl (C=O) groups excluding carboxylic acids is 1. The van der Waals surface area contributed by atoms with Crippen molar-refractivity contribution in [3.8, 4) is 0 Å². The highest BCUT2D eigenvalue weighted by Gasteiger charge is 2.14. The predicted octanol–water partition coefficient (Wildman–Crippen LogP) is 0.908. The molecule has 5 nitrogen and oxygen atoms in total. The van der Waals surface area contributed by atoms with Crippen molar-refractivity contribution in [1.29, 1.82) is 0 Å². The normalized spacial score (nSPS) is 10.3. The van der Waals surface area contributed by atoms with Crippen LogP contribution in [0.3, 0.4) is 0 Å². The van der Waals surface area contributed by atoms with Crippen molar-refractivity contribution >= 4 is 5.91 Å². The zero-order valence-corrected chi connectivity index (χ0v) is 9.19. The number of hydrogen-bond donors (Lipinski definition) is 1. The summed E-state index contributed by atoms with van der Waals surface area (Å²) in [7, 11) is 0. The average molecular weight is 211 g/mol. The molecule has 0 unspecified atom stereocenters. The average Bonchev–Trinajstić information content (AvgIpc) is 2.77. The Bertz CT molecular complexity index is 285. The Morgan fingerprint density at radius 1 is 1.60 bits per heavy atom. The molecule has 84 valence electrons. The van der Waals surface area contributed by atoms with E-state index in [0.717, 1.165) is 0 Å². The van der Waals surface area contributed by atoms with Gasteiger partial charge in [0.15, 0.2) is 0 Å². The van der Waals surface area contributed by atoms with Gasteiger partial charge in [0.25, 0.3) is 5.91 Å². The number of nitrogens with zero attached hydrogens (tertiary/aromatic N) is 2. The van der Waals surface area contributed by atoms with E-state index in [1.54, 1.807) is 11.1 Å². The molecule has 0 aliphatic heterocycles. The molecular formula is C10H17N3O2. The molecule has 0 atom stereocenters. The van der Waals surface area contributed by atoms with Crippen LogP contribution < -0.4 is 0 Å². The van der Waals surface area contributed by atoms with Crippen LogP contribution >= 0.6 is 0 Å². The molecule has 0 bridgehead atoms. The molecule has 15 heavy (non-hydrogen) atoms. The largest absolute Gasteiger partial charge is 0.380 e. The maximum atomic E-state index is 11.8. The van der Waals surface area contributed by atoms with E-state index in [-0.39, 0.29) is 5.91 Å². The van der Waals surface area contributed by atoms with Gasteiger partial charge >= 0.3 is 0 Å². The second-order valence-corrected chi connectivity index (χ2v) is 3.07. The van der Waals surface area contributed by atoms with E-state index in [0.29, 0.717) is 31.9 Å². The number of aromatic amines is 1. The summed E-state index contributed by atoms with van der Waals surface area (Å²) in [5, 5.41) is 6.38. The Morgan fingerprint density at radius 2 is 2.40 bits per heavy atom. The fraction of sp³-hybridized carbons (Fsp3) is 0.600. The van der Waals surface area contributed by atoms with Gasteiger partial charge in [-0.2, -0.15) is 5.10 Å². The van der Waals surface area contributed by atoms with E-state index in [2.05, 4.69) is 10.2 Å². The summed E-state index contributed by atoms with van der Waals surface area (Å²) in [6, 6.07) is 0. The second kappa shape index (κ2) is 6.19. The van der Waals surface area contributed by atoms with Crippen LogP contribution in [0.25, 0.3) is 0 Å². The summed E-state index contributed by atoms with van der Waals surface area (Å²) < 4.78 is 5.22. The maximum Gasteiger partial charge on any atom is 0.257 e. The number of rotatable bonds is 6. The van der Waals surface area contributed by atoms with E-state index < -0.39 is 0 Å². The molecule has 0 radical (unpaired) electrons. The van der Waals surface area contributed by atoms with Crippen LogP contribution in [0.1, 0.15) is 24.2 Å². The molecule has 1 aromatic heterocycles. The van der Waals surface area contributed by atoms with E-state index in [1.807, 2.05) is 13.8 Å². The van der Waals surface area contributed by atoms with Crippen LogP contribution in [-0.4, -0.2) is 47.3 Å². The first kappa shape index (κ1) is 11.7. The molecule has 5 heteroatoms. The third-order valence-corrected chi connectivity index (χ3v) is 2.12. The molecule has 0 saturated heterocycles. The molecule has 1 N–H and O–H groups in total. The van der Waals surface area contributed by atoms with Crippen LogP contribution in [0.15, 0.2) is 12.4 Å². The van der Waals surface area contributed by atoms with E-state index >= 15 is 0 Å². The van der Waals surface area contributed by atoms with Gasteiger partial charge in [-0.05, 0) is 13.8 Å². The number of hydrogen-bond acceptors (Lipinski definition) is 3. The van der Waals surface area contributed by atoms with Gasteiger partial charge in [-0.15, -0.1) is 0 Å². The molecule has 1 heterocycles. The minimum atomic E-state index is -0.00838. The highest BCUT2D eigenvalue weighted by molar-refractivity contribution is 5.93. The molecule has 0 saturated carbocycles. The number of ether oxygens (including phenoxy) is 1. The van der Waals surface area contributed by atoms with Gasteiger partial charge < -0.3 is 9.64 Å². The third kappa shape index (κ3) is 3.36. The van der Waals surface area contributed by atoms with E-state index in [1.165, 1.54) is 6.20 Å². The second-order valence-electron chi connectivity index (χ2n) is 3.07. The lowest BCUT2D eigenvalue weighted by molar-refractivity contribution is 0.0669. The highest BCUT2D eigenvalue weighted by atomic mass is 16.5. The maximum absolute atomic E-state index is 11.8. The highest BCUT2D eigenvalue weighted by Crippen LogP contribution is 2.01. The third-order valence-electron chi connectivity index (χ3n) is 2.12. The first-order chi connectivity index (χ1) is 7.29. The number of nitrogens with one attached hydrogen (secondary N) is 1. The summed E-state index contributed by atoms with van der Waals surface area (Å²) in [5.41, 5.74) is 0.591. The van der Waals surface area contributed by atoms with E-state index in [4.69, 9.17) is 4.74 Å². The van der Waals surface area contributed by atoms with Crippen molar-refractivity contribution in [2.45, 2.75) is 13.8 Å². The number of H-pyrrole nitrogens is 1. The Kier molecular flexibility index (Phi) is 4.83. The van der Waals surface area contributed by atoms with Crippen LogP contribution in [-0.2, 0) is 4.74 Å². The lowest BCUT2D eigenvalue weighted by Gasteiger charge is -2.19. The van der Waals surface area contributed by atoms with Crippen LogP contribution in [0, 0.1) is 0 Å². The summed E-state index contributed by atoms with van der Waals surface area (Å²) in [5.74, 6) is -0.00838. The predicted molar refractivity (Wildman–Crippen MR) is 56.7 cm³/mol. The van der Waals surface area contributed by atoms with Gasteiger partial charge in [0.1, 0.15) is 0 Å². The summed E-state index contributed by atoms with van der Waals surface area (Å²) in [4.78, 5) is 13.6. The topological polar surface area (TPSA) is 58.2 Å². The number of amides is 1. The van der Waals surface area contributed by atoms with Crippen molar-refractivity contribution in [3.05, 3.63) is 18.0 Å². The molecule has 0 fully saturated rings. The fourth-order valence-electron chi connectivity index (χ4n) is 1.27. The monoisotopic (exact) mass is 211 g/mol. The number of aromatic nitrogens is 2. The Hall–Kier alpha value is -1.36. The van der Waals surface area contributed by atoms with Crippen molar-refractivity contribution in [2.75, 3.05) is 26.3 Å². The van der Waals surface area contributed by atoms with Crippen molar-refractivity contribution in [1.82, 2.24) is 15.1 Å². The zero-order chi connectivity index (χ0) is 11.1. The first-order valence-electron chi connectivity index (χ1n) is 5.15. The van der Waals surface area contributed by atoms with Crippen LogP contribution in [0.4, 0.5) is 0 Å². The van der Waals surface area contributed by atoms with E-state index in [9.17, 15) is 4.79 Å². The zero-order valence-electron chi connectivity index (χ0n) is 9.19. The SMILES string of the molecule is CCOCCN(CC)C(=O)c1cn[nH]c1. The lowest BCUT2D eigenvalue weighted by Crippen LogP contribution is -2.33. The number of carbonyl (C=O) groups is 1. The minimum Gasteiger partial charge on any atom is -0.380 e. The molecule has 1 amide bonds. The van der Waals surface area contributed by atoms with Crippen LogP contribution in [0.5, 0.6) is 0 Å². The van der Waals surface area contributed by atoms with Gasteiger partial charge in [-0.3, -0.25) is 9.89 Å². The Labute approximate surface area is 89.4 Å². The molecule has 1 aromatic rings. The van der Waals surface area contributed by atoms with Gasteiger partial charge in [-0.25, -0.2) is 0 Å². The molecule has 0 spiro atoms. The minimum absolute atomic E-state index is 0.00838. The molecule has 1 rings (SSSR count). The number of likely N-dealkylation sites (N-methyl/N-ethyl adjacent to an activating group) is 1. The standard InChI is InChI=1S/C10H17N3O2/c1-3-13(5-6-15-4-2)10(14)9-7-11-12-8-9/h7-8H,3-6H2,1-2H3,(H,11,12). The van der Waals surface area contributed by atoms with Crippen molar-refractivity contribution in [3.63, 3.8) is 0 Å². The molecular weight excluding hydrogens is 194 g/mol. The van der Waals surface area contributed by atoms with Crippen molar-refractivity contribution in [2.24, 2.45) is 0 Å². The first-order valence-corrected chi connectivity index (χ1v) is 5.15. The van der Waals surface area contributed by atoms with Crippen molar-refractivity contribution < 1.29 is 9.53 Å². The Balaban J connectivity index is 2.47. The lowest BCUT2D eigenvalue weighted by atomic mass is 10.3. The Morgan fingerprint density at radius 3 is 2.93 bits per heavy atom. The molecule has 0 aromatic carbocycles. The molecule has 0 aliphatic carbocycles. The van der Waals surface area contributed by atoms with Crippen LogP contribution in [0.2, 0.25) is 0 Å². The van der Waals surface area contributed by atoms with Gasteiger partial charge in [-0.1, -0.05) is 0 Å². The smallest absolute Gasteiger partial charge is 0.257 e. The fourth-order valence-corrected chi connectivity index (χ4v) is 1.27. The van der Waals surface area contributed by atoms with Gasteiger partial charge in [0.05, 0.1) is 18.4 Å².